The summed E-state index contributed by atoms with van der Waals surface area (Å²) in [6.07, 6.45) is 1.07. The molecule has 0 bridgehead atoms. The van der Waals surface area contributed by atoms with Gasteiger partial charge in [0.2, 0.25) is 5.89 Å². The average Bonchev–Trinajstić information content (AvgIpc) is 3.30. The highest BCUT2D eigenvalue weighted by Gasteiger charge is 2.20. The van der Waals surface area contributed by atoms with E-state index in [-0.39, 0.29) is 18.3 Å². The van der Waals surface area contributed by atoms with Gasteiger partial charge in [-0.05, 0) is 44.5 Å². The summed E-state index contributed by atoms with van der Waals surface area (Å²) >= 11 is 0. The topological polar surface area (TPSA) is 78.4 Å². The molecule has 4 rings (SSSR count). The Morgan fingerprint density at radius 3 is 2.61 bits per heavy atom. The van der Waals surface area contributed by atoms with E-state index in [4.69, 9.17) is 13.6 Å². The maximum atomic E-state index is 12.4. The SMILES string of the molecule is Cc1ccc(-c2nnc([C@H](C)OC(=O)Cc3coc4cc(C)ccc34)o2)cc1. The van der Waals surface area contributed by atoms with Crippen LogP contribution in [0.25, 0.3) is 22.4 Å². The fourth-order valence-electron chi connectivity index (χ4n) is 2.98. The van der Waals surface area contributed by atoms with Crippen LogP contribution in [0.2, 0.25) is 0 Å². The molecule has 0 saturated carbocycles. The Kier molecular flexibility index (Phi) is 4.69. The van der Waals surface area contributed by atoms with E-state index in [2.05, 4.69) is 10.2 Å². The van der Waals surface area contributed by atoms with E-state index < -0.39 is 6.10 Å². The predicted octanol–water partition coefficient (Wildman–Crippen LogP) is 4.95. The summed E-state index contributed by atoms with van der Waals surface area (Å²) < 4.78 is 16.7. The molecule has 1 atom stereocenters. The zero-order valence-electron chi connectivity index (χ0n) is 15.9. The molecule has 2 aromatic carbocycles. The molecular weight excluding hydrogens is 356 g/mol. The van der Waals surface area contributed by atoms with E-state index in [9.17, 15) is 4.79 Å². The van der Waals surface area contributed by atoms with Crippen LogP contribution in [-0.2, 0) is 16.0 Å². The first-order chi connectivity index (χ1) is 13.5. The number of hydrogen-bond acceptors (Lipinski definition) is 6. The quantitative estimate of drug-likeness (QED) is 0.459. The first-order valence-corrected chi connectivity index (χ1v) is 9.06. The molecule has 2 heterocycles. The lowest BCUT2D eigenvalue weighted by molar-refractivity contribution is -0.148. The van der Waals surface area contributed by atoms with Crippen molar-refractivity contribution >= 4 is 16.9 Å². The predicted molar refractivity (Wildman–Crippen MR) is 104 cm³/mol. The Morgan fingerprint density at radius 2 is 1.82 bits per heavy atom. The van der Waals surface area contributed by atoms with E-state index >= 15 is 0 Å². The van der Waals surface area contributed by atoms with Gasteiger partial charge in [-0.2, -0.15) is 0 Å². The number of furan rings is 1. The van der Waals surface area contributed by atoms with Crippen LogP contribution in [0.3, 0.4) is 0 Å². The molecule has 0 N–H and O–H groups in total. The van der Waals surface area contributed by atoms with Gasteiger partial charge in [-0.1, -0.05) is 29.8 Å². The van der Waals surface area contributed by atoms with Crippen LogP contribution < -0.4 is 0 Å². The van der Waals surface area contributed by atoms with Gasteiger partial charge in [-0.15, -0.1) is 10.2 Å². The lowest BCUT2D eigenvalue weighted by Gasteiger charge is -2.08. The van der Waals surface area contributed by atoms with E-state index in [1.807, 2.05) is 56.3 Å². The highest BCUT2D eigenvalue weighted by Crippen LogP contribution is 2.25. The second kappa shape index (κ2) is 7.31. The molecule has 0 radical (unpaired) electrons. The molecule has 6 nitrogen and oxygen atoms in total. The van der Waals surface area contributed by atoms with E-state index in [1.54, 1.807) is 13.2 Å². The maximum absolute atomic E-state index is 12.4. The Balaban J connectivity index is 1.43. The monoisotopic (exact) mass is 376 g/mol. The molecule has 0 aliphatic carbocycles. The molecule has 4 aromatic rings. The number of carbonyl (C=O) groups is 1. The normalized spacial score (nSPS) is 12.2. The van der Waals surface area contributed by atoms with E-state index in [0.717, 1.165) is 33.2 Å². The summed E-state index contributed by atoms with van der Waals surface area (Å²) in [7, 11) is 0. The van der Waals surface area contributed by atoms with E-state index in [1.165, 1.54) is 0 Å². The molecule has 0 fully saturated rings. The Labute approximate surface area is 162 Å². The van der Waals surface area contributed by atoms with Crippen molar-refractivity contribution in [3.63, 3.8) is 0 Å². The Hall–Kier alpha value is -3.41. The van der Waals surface area contributed by atoms with Crippen molar-refractivity contribution in [1.82, 2.24) is 10.2 Å². The third kappa shape index (κ3) is 3.67. The molecule has 0 aliphatic heterocycles. The zero-order valence-corrected chi connectivity index (χ0v) is 15.9. The van der Waals surface area contributed by atoms with Gasteiger partial charge in [0.1, 0.15) is 5.58 Å². The zero-order chi connectivity index (χ0) is 19.7. The highest BCUT2D eigenvalue weighted by molar-refractivity contribution is 5.86. The van der Waals surface area contributed by atoms with Crippen LogP contribution in [0, 0.1) is 13.8 Å². The number of aromatic nitrogens is 2. The van der Waals surface area contributed by atoms with Gasteiger partial charge in [0.05, 0.1) is 12.7 Å². The first-order valence-electron chi connectivity index (χ1n) is 9.06. The molecule has 0 saturated heterocycles. The summed E-state index contributed by atoms with van der Waals surface area (Å²) in [5.41, 5.74) is 4.62. The fourth-order valence-corrected chi connectivity index (χ4v) is 2.98. The van der Waals surface area contributed by atoms with Gasteiger partial charge in [0.15, 0.2) is 6.10 Å². The summed E-state index contributed by atoms with van der Waals surface area (Å²) in [5.74, 6) is 0.275. The second-order valence-electron chi connectivity index (χ2n) is 6.88. The minimum Gasteiger partial charge on any atom is -0.464 e. The average molecular weight is 376 g/mol. The third-order valence-electron chi connectivity index (χ3n) is 4.54. The van der Waals surface area contributed by atoms with Gasteiger partial charge in [0.25, 0.3) is 5.89 Å². The van der Waals surface area contributed by atoms with Crippen LogP contribution in [0.15, 0.2) is 57.6 Å². The van der Waals surface area contributed by atoms with Gasteiger partial charge >= 0.3 is 5.97 Å². The molecule has 0 amide bonds. The number of aryl methyl sites for hydroxylation is 2. The van der Waals surface area contributed by atoms with Crippen LogP contribution >= 0.6 is 0 Å². The van der Waals surface area contributed by atoms with Crippen LogP contribution in [0.5, 0.6) is 0 Å². The maximum Gasteiger partial charge on any atom is 0.311 e. The van der Waals surface area contributed by atoms with Crippen LogP contribution in [-0.4, -0.2) is 16.2 Å². The third-order valence-corrected chi connectivity index (χ3v) is 4.54. The Bertz CT molecular complexity index is 1130. The smallest absolute Gasteiger partial charge is 0.311 e. The fraction of sp³-hybridized carbons (Fsp3) is 0.227. The van der Waals surface area contributed by atoms with Gasteiger partial charge in [-0.25, -0.2) is 0 Å². The molecule has 142 valence electrons. The molecule has 2 aromatic heterocycles. The van der Waals surface area contributed by atoms with Crippen molar-refractivity contribution in [3.8, 4) is 11.5 Å². The minimum atomic E-state index is -0.639. The number of ether oxygens (including phenoxy) is 1. The van der Waals surface area contributed by atoms with Crippen molar-refractivity contribution in [3.05, 3.63) is 71.3 Å². The van der Waals surface area contributed by atoms with Gasteiger partial charge in [-0.3, -0.25) is 4.79 Å². The Morgan fingerprint density at radius 1 is 1.07 bits per heavy atom. The van der Waals surface area contributed by atoms with Crippen molar-refractivity contribution in [2.45, 2.75) is 33.3 Å². The van der Waals surface area contributed by atoms with Gasteiger partial charge < -0.3 is 13.6 Å². The van der Waals surface area contributed by atoms with Gasteiger partial charge in [0, 0.05) is 16.5 Å². The van der Waals surface area contributed by atoms with Crippen LogP contribution in [0.1, 0.15) is 35.6 Å². The summed E-state index contributed by atoms with van der Waals surface area (Å²) in [6.45, 7) is 5.71. The van der Waals surface area contributed by atoms with E-state index in [0.29, 0.717) is 5.89 Å². The minimum absolute atomic E-state index is 0.110. The number of carbonyl (C=O) groups excluding carboxylic acids is 1. The van der Waals surface area contributed by atoms with Crippen molar-refractivity contribution in [2.75, 3.05) is 0 Å². The number of fused-ring (bicyclic) bond motifs is 1. The molecule has 0 unspecified atom stereocenters. The molecule has 6 heteroatoms. The number of hydrogen-bond donors (Lipinski definition) is 0. The summed E-state index contributed by atoms with van der Waals surface area (Å²) in [4.78, 5) is 12.4. The first kappa shape index (κ1) is 18.0. The van der Waals surface area contributed by atoms with Crippen molar-refractivity contribution in [2.24, 2.45) is 0 Å². The molecule has 28 heavy (non-hydrogen) atoms. The number of rotatable bonds is 5. The number of esters is 1. The number of nitrogens with zero attached hydrogens (tertiary/aromatic N) is 2. The van der Waals surface area contributed by atoms with Crippen molar-refractivity contribution in [1.29, 1.82) is 0 Å². The molecule has 0 aliphatic rings. The van der Waals surface area contributed by atoms with Crippen LogP contribution in [0.4, 0.5) is 0 Å². The molecule has 0 spiro atoms. The standard InChI is InChI=1S/C22H20N2O4/c1-13-4-7-16(8-5-13)22-24-23-21(28-22)15(3)27-20(25)11-17-12-26-19-10-14(2)6-9-18(17)19/h4-10,12,15H,11H2,1-3H3/t15-/m0/s1. The summed E-state index contributed by atoms with van der Waals surface area (Å²) in [5, 5.41) is 8.97. The largest absolute Gasteiger partial charge is 0.464 e. The lowest BCUT2D eigenvalue weighted by atomic mass is 10.1. The second-order valence-corrected chi connectivity index (χ2v) is 6.88. The highest BCUT2D eigenvalue weighted by atomic mass is 16.6. The molecular formula is C22H20N2O4. The lowest BCUT2D eigenvalue weighted by Crippen LogP contribution is -2.11. The van der Waals surface area contributed by atoms with Crippen molar-refractivity contribution < 1.29 is 18.4 Å². The number of benzene rings is 2. The summed E-state index contributed by atoms with van der Waals surface area (Å²) in [6, 6.07) is 13.6.